The Labute approximate surface area is 174 Å². The highest BCUT2D eigenvalue weighted by Gasteiger charge is 2.20. The van der Waals surface area contributed by atoms with E-state index in [1.165, 1.54) is 30.5 Å². The zero-order valence-electron chi connectivity index (χ0n) is 13.7. The van der Waals surface area contributed by atoms with Crippen LogP contribution in [0, 0.1) is 5.82 Å². The second-order valence-corrected chi connectivity index (χ2v) is 8.28. The lowest BCUT2D eigenvalue weighted by Gasteiger charge is -2.11. The highest BCUT2D eigenvalue weighted by molar-refractivity contribution is 7.92. The van der Waals surface area contributed by atoms with Crippen molar-refractivity contribution in [2.24, 2.45) is 0 Å². The van der Waals surface area contributed by atoms with E-state index in [1.807, 2.05) is 0 Å². The summed E-state index contributed by atoms with van der Waals surface area (Å²) in [5.74, 6) is -0.864. The molecule has 1 heterocycles. The van der Waals surface area contributed by atoms with E-state index in [0.29, 0.717) is 6.29 Å². The molecule has 0 aliphatic rings. The standard InChI is InChI=1S/C17H9Cl3FN3O3S/c18-10-2-3-11(19)16(6-10)28(26,27)24-13-4-1-9(5-12(13)21)14-7-22-15(8-25)17(20)23-14/h1-8,24H. The van der Waals surface area contributed by atoms with Crippen LogP contribution in [0.3, 0.4) is 0 Å². The molecule has 144 valence electrons. The van der Waals surface area contributed by atoms with E-state index in [2.05, 4.69) is 14.7 Å². The predicted molar refractivity (Wildman–Crippen MR) is 105 cm³/mol. The quantitative estimate of drug-likeness (QED) is 0.549. The highest BCUT2D eigenvalue weighted by Crippen LogP contribution is 2.29. The van der Waals surface area contributed by atoms with Crippen LogP contribution in [-0.4, -0.2) is 24.7 Å². The number of aldehydes is 1. The van der Waals surface area contributed by atoms with Gasteiger partial charge in [0.2, 0.25) is 0 Å². The number of carbonyl (C=O) groups excluding carboxylic acids is 1. The Bertz CT molecular complexity index is 1190. The molecule has 2 aromatic carbocycles. The van der Waals surface area contributed by atoms with Gasteiger partial charge in [-0.2, -0.15) is 0 Å². The van der Waals surface area contributed by atoms with Gasteiger partial charge in [0.15, 0.2) is 11.4 Å². The third-order valence-corrected chi connectivity index (χ3v) is 5.92. The van der Waals surface area contributed by atoms with Gasteiger partial charge in [-0.3, -0.25) is 9.52 Å². The van der Waals surface area contributed by atoms with E-state index in [4.69, 9.17) is 34.8 Å². The monoisotopic (exact) mass is 459 g/mol. The van der Waals surface area contributed by atoms with Crippen LogP contribution in [-0.2, 0) is 10.0 Å². The molecule has 6 nitrogen and oxygen atoms in total. The second-order valence-electron chi connectivity index (χ2n) is 5.42. The molecule has 11 heteroatoms. The van der Waals surface area contributed by atoms with Crippen molar-refractivity contribution in [1.29, 1.82) is 0 Å². The van der Waals surface area contributed by atoms with Crippen molar-refractivity contribution >= 4 is 56.8 Å². The van der Waals surface area contributed by atoms with E-state index in [0.717, 1.165) is 12.1 Å². The molecule has 0 aliphatic carbocycles. The molecule has 0 atom stereocenters. The number of aromatic nitrogens is 2. The van der Waals surface area contributed by atoms with Crippen LogP contribution in [0.4, 0.5) is 10.1 Å². The fourth-order valence-corrected chi connectivity index (χ4v) is 4.25. The first-order chi connectivity index (χ1) is 13.2. The molecule has 0 bridgehead atoms. The lowest BCUT2D eigenvalue weighted by molar-refractivity contribution is 0.111. The number of halogens is 4. The van der Waals surface area contributed by atoms with Crippen molar-refractivity contribution in [2.75, 3.05) is 4.72 Å². The van der Waals surface area contributed by atoms with Gasteiger partial charge in [-0.25, -0.2) is 22.8 Å². The van der Waals surface area contributed by atoms with Gasteiger partial charge in [-0.1, -0.05) is 40.9 Å². The van der Waals surface area contributed by atoms with E-state index in [9.17, 15) is 17.6 Å². The molecule has 0 spiro atoms. The topological polar surface area (TPSA) is 89.0 Å². The number of hydrogen-bond acceptors (Lipinski definition) is 5. The zero-order chi connectivity index (χ0) is 20.5. The minimum absolute atomic E-state index is 0.0475. The number of anilines is 1. The highest BCUT2D eigenvalue weighted by atomic mass is 35.5. The van der Waals surface area contributed by atoms with E-state index < -0.39 is 15.8 Å². The summed E-state index contributed by atoms with van der Waals surface area (Å²) >= 11 is 17.5. The summed E-state index contributed by atoms with van der Waals surface area (Å²) in [6.45, 7) is 0. The fourth-order valence-electron chi connectivity index (χ4n) is 2.23. The number of benzene rings is 2. The molecule has 0 saturated carbocycles. The summed E-state index contributed by atoms with van der Waals surface area (Å²) in [4.78, 5) is 18.2. The lowest BCUT2D eigenvalue weighted by Crippen LogP contribution is -2.14. The molecular weight excluding hydrogens is 452 g/mol. The van der Waals surface area contributed by atoms with E-state index in [1.54, 1.807) is 0 Å². The van der Waals surface area contributed by atoms with Gasteiger partial charge in [0.05, 0.1) is 22.6 Å². The minimum Gasteiger partial charge on any atom is -0.296 e. The maximum Gasteiger partial charge on any atom is 0.263 e. The molecular formula is C17H9Cl3FN3O3S. The Kier molecular flexibility index (Phi) is 5.85. The Balaban J connectivity index is 1.94. The van der Waals surface area contributed by atoms with Crippen molar-refractivity contribution in [2.45, 2.75) is 4.90 Å². The molecule has 28 heavy (non-hydrogen) atoms. The van der Waals surface area contributed by atoms with Crippen LogP contribution in [0.2, 0.25) is 15.2 Å². The number of nitrogens with zero attached hydrogens (tertiary/aromatic N) is 2. The molecule has 0 aliphatic heterocycles. The van der Waals surface area contributed by atoms with Gasteiger partial charge in [-0.15, -0.1) is 0 Å². The number of nitrogens with one attached hydrogen (secondary N) is 1. The summed E-state index contributed by atoms with van der Waals surface area (Å²) in [5.41, 5.74) is 0.145. The maximum atomic E-state index is 14.5. The lowest BCUT2D eigenvalue weighted by atomic mass is 10.1. The average molecular weight is 461 g/mol. The Morgan fingerprint density at radius 1 is 1.07 bits per heavy atom. The molecule has 0 saturated heterocycles. The van der Waals surface area contributed by atoms with E-state index in [-0.39, 0.29) is 42.7 Å². The number of sulfonamides is 1. The van der Waals surface area contributed by atoms with Crippen LogP contribution >= 0.6 is 34.8 Å². The van der Waals surface area contributed by atoms with Gasteiger partial charge in [0.1, 0.15) is 16.4 Å². The summed E-state index contributed by atoms with van der Waals surface area (Å²) < 4.78 is 41.6. The first-order valence-electron chi connectivity index (χ1n) is 7.47. The molecule has 3 aromatic rings. The Morgan fingerprint density at radius 3 is 2.46 bits per heavy atom. The molecule has 0 fully saturated rings. The molecule has 0 unspecified atom stereocenters. The zero-order valence-corrected chi connectivity index (χ0v) is 16.7. The first kappa shape index (κ1) is 20.5. The molecule has 1 N–H and O–H groups in total. The summed E-state index contributed by atoms with van der Waals surface area (Å²) in [6.07, 6.45) is 1.69. The van der Waals surface area contributed by atoms with Crippen molar-refractivity contribution in [3.05, 3.63) is 69.3 Å². The Hall–Kier alpha value is -2.26. The third kappa shape index (κ3) is 4.25. The summed E-state index contributed by atoms with van der Waals surface area (Å²) in [5, 5.41) is -0.0304. The van der Waals surface area contributed by atoms with Crippen LogP contribution in [0.1, 0.15) is 10.5 Å². The van der Waals surface area contributed by atoms with Crippen LogP contribution in [0.5, 0.6) is 0 Å². The van der Waals surface area contributed by atoms with Gasteiger partial charge < -0.3 is 0 Å². The van der Waals surface area contributed by atoms with Crippen molar-refractivity contribution in [1.82, 2.24) is 9.97 Å². The molecule has 0 amide bonds. The fraction of sp³-hybridized carbons (Fsp3) is 0. The van der Waals surface area contributed by atoms with Gasteiger partial charge in [-0.05, 0) is 30.3 Å². The summed E-state index contributed by atoms with van der Waals surface area (Å²) in [6, 6.07) is 7.60. The number of rotatable bonds is 5. The normalized spacial score (nSPS) is 11.3. The SMILES string of the molecule is O=Cc1ncc(-c2ccc(NS(=O)(=O)c3cc(Cl)ccc3Cl)c(F)c2)nc1Cl. The summed E-state index contributed by atoms with van der Waals surface area (Å²) in [7, 11) is -4.18. The second kappa shape index (κ2) is 8.00. The van der Waals surface area contributed by atoms with Crippen molar-refractivity contribution in [3.63, 3.8) is 0 Å². The number of carbonyl (C=O) groups is 1. The minimum atomic E-state index is -4.18. The smallest absolute Gasteiger partial charge is 0.263 e. The van der Waals surface area contributed by atoms with Crippen LogP contribution in [0.25, 0.3) is 11.3 Å². The number of hydrogen-bond donors (Lipinski definition) is 1. The van der Waals surface area contributed by atoms with Crippen molar-refractivity contribution < 1.29 is 17.6 Å². The Morgan fingerprint density at radius 2 is 1.82 bits per heavy atom. The largest absolute Gasteiger partial charge is 0.296 e. The predicted octanol–water partition coefficient (Wildman–Crippen LogP) is 4.86. The maximum absolute atomic E-state index is 14.5. The van der Waals surface area contributed by atoms with Gasteiger partial charge in [0, 0.05) is 10.6 Å². The van der Waals surface area contributed by atoms with Crippen LogP contribution < -0.4 is 4.72 Å². The average Bonchev–Trinajstić information content (AvgIpc) is 2.65. The molecule has 1 aromatic heterocycles. The van der Waals surface area contributed by atoms with Gasteiger partial charge >= 0.3 is 0 Å². The van der Waals surface area contributed by atoms with E-state index >= 15 is 0 Å². The van der Waals surface area contributed by atoms with Crippen molar-refractivity contribution in [3.8, 4) is 11.3 Å². The first-order valence-corrected chi connectivity index (χ1v) is 10.1. The molecule has 0 radical (unpaired) electrons. The van der Waals surface area contributed by atoms with Gasteiger partial charge in [0.25, 0.3) is 10.0 Å². The molecule has 3 rings (SSSR count). The third-order valence-electron chi connectivity index (χ3n) is 3.56. The van der Waals surface area contributed by atoms with Crippen LogP contribution in [0.15, 0.2) is 47.5 Å².